The molecule has 202 valence electrons. The zero-order chi connectivity index (χ0) is 27.2. The van der Waals surface area contributed by atoms with Crippen LogP contribution < -0.4 is 9.64 Å². The van der Waals surface area contributed by atoms with Crippen LogP contribution in [0.5, 0.6) is 5.75 Å². The first-order valence-corrected chi connectivity index (χ1v) is 12.6. The molecule has 3 saturated heterocycles. The van der Waals surface area contributed by atoms with Crippen molar-refractivity contribution in [1.82, 2.24) is 9.80 Å². The third kappa shape index (κ3) is 5.02. The van der Waals surface area contributed by atoms with E-state index in [4.69, 9.17) is 27.9 Å². The maximum Gasteiger partial charge on any atom is 0.573 e. The molecule has 38 heavy (non-hydrogen) atoms. The van der Waals surface area contributed by atoms with E-state index < -0.39 is 35.5 Å². The van der Waals surface area contributed by atoms with Crippen LogP contribution in [0.15, 0.2) is 42.5 Å². The topological polar surface area (TPSA) is 79.4 Å². The van der Waals surface area contributed by atoms with Crippen molar-refractivity contribution in [2.45, 2.75) is 24.7 Å². The van der Waals surface area contributed by atoms with Crippen LogP contribution in [0.4, 0.5) is 23.7 Å². The molecule has 8 nitrogen and oxygen atoms in total. The molecule has 5 rings (SSSR count). The highest BCUT2D eigenvalue weighted by atomic mass is 35.5. The molecule has 3 aliphatic rings. The SMILES string of the molecule is O=C([C@H]1CN2C(=O)N(c3cc(Cl)cc(Cl)c3)C(=O)[C@]2(Cc2ccc(OC(F)(F)F)cc2)C1)N1CCOCC1. The molecule has 0 bridgehead atoms. The second kappa shape index (κ2) is 9.94. The van der Waals surface area contributed by atoms with Gasteiger partial charge in [-0.1, -0.05) is 35.3 Å². The summed E-state index contributed by atoms with van der Waals surface area (Å²) < 4.78 is 47.0. The third-order valence-electron chi connectivity index (χ3n) is 6.96. The Hall–Kier alpha value is -3.02. The third-order valence-corrected chi connectivity index (χ3v) is 7.39. The van der Waals surface area contributed by atoms with Gasteiger partial charge in [0.25, 0.3) is 5.91 Å². The minimum Gasteiger partial charge on any atom is -0.406 e. The zero-order valence-electron chi connectivity index (χ0n) is 19.8. The summed E-state index contributed by atoms with van der Waals surface area (Å²) in [5.41, 5.74) is -0.738. The number of carbonyl (C=O) groups is 3. The highest BCUT2D eigenvalue weighted by Gasteiger charge is 2.63. The van der Waals surface area contributed by atoms with Gasteiger partial charge >= 0.3 is 12.4 Å². The Bertz CT molecular complexity index is 1250. The molecule has 3 aliphatic heterocycles. The molecule has 4 amide bonds. The number of halogens is 5. The molecule has 13 heteroatoms. The lowest BCUT2D eigenvalue weighted by molar-refractivity contribution is -0.274. The summed E-state index contributed by atoms with van der Waals surface area (Å²) in [4.78, 5) is 45.0. The average molecular weight is 572 g/mol. The Labute approximate surface area is 225 Å². The lowest BCUT2D eigenvalue weighted by atomic mass is 9.85. The van der Waals surface area contributed by atoms with Gasteiger partial charge in [-0.25, -0.2) is 9.69 Å². The molecule has 0 aliphatic carbocycles. The van der Waals surface area contributed by atoms with Gasteiger partial charge in [0, 0.05) is 36.1 Å². The number of hydrogen-bond donors (Lipinski definition) is 0. The molecule has 0 spiro atoms. The van der Waals surface area contributed by atoms with E-state index in [1.165, 1.54) is 35.2 Å². The van der Waals surface area contributed by atoms with Crippen molar-refractivity contribution in [3.8, 4) is 5.75 Å². The number of alkyl halides is 3. The molecule has 0 radical (unpaired) electrons. The zero-order valence-corrected chi connectivity index (χ0v) is 21.4. The maximum absolute atomic E-state index is 14.0. The molecule has 0 N–H and O–H groups in total. The van der Waals surface area contributed by atoms with Gasteiger partial charge in [-0.3, -0.25) is 9.59 Å². The van der Waals surface area contributed by atoms with E-state index in [0.717, 1.165) is 17.0 Å². The van der Waals surface area contributed by atoms with E-state index in [1.54, 1.807) is 4.90 Å². The summed E-state index contributed by atoms with van der Waals surface area (Å²) in [6, 6.07) is 8.83. The normalized spacial score (nSPS) is 23.7. The Morgan fingerprint density at radius 1 is 1.05 bits per heavy atom. The number of amides is 4. The molecule has 0 saturated carbocycles. The minimum absolute atomic E-state index is 0.0123. The minimum atomic E-state index is -4.85. The Balaban J connectivity index is 1.48. The van der Waals surface area contributed by atoms with Crippen molar-refractivity contribution in [3.05, 3.63) is 58.1 Å². The second-order valence-corrected chi connectivity index (χ2v) is 10.3. The molecule has 0 aromatic heterocycles. The van der Waals surface area contributed by atoms with E-state index in [1.807, 2.05) is 0 Å². The number of carbonyl (C=O) groups excluding carboxylic acids is 3. The Kier molecular flexibility index (Phi) is 6.95. The lowest BCUT2D eigenvalue weighted by Gasteiger charge is -2.30. The van der Waals surface area contributed by atoms with Crippen molar-refractivity contribution < 1.29 is 37.0 Å². The first-order chi connectivity index (χ1) is 18.0. The van der Waals surface area contributed by atoms with Gasteiger partial charge in [0.15, 0.2) is 0 Å². The fourth-order valence-corrected chi connectivity index (χ4v) is 5.86. The van der Waals surface area contributed by atoms with Crippen molar-refractivity contribution >= 4 is 46.7 Å². The highest BCUT2D eigenvalue weighted by Crippen LogP contribution is 2.45. The predicted octanol–water partition coefficient (Wildman–Crippen LogP) is 4.52. The van der Waals surface area contributed by atoms with Crippen LogP contribution in [0.2, 0.25) is 10.0 Å². The van der Waals surface area contributed by atoms with Crippen LogP contribution in [0.3, 0.4) is 0 Å². The largest absolute Gasteiger partial charge is 0.573 e. The van der Waals surface area contributed by atoms with E-state index in [9.17, 15) is 27.6 Å². The van der Waals surface area contributed by atoms with Gasteiger partial charge in [-0.2, -0.15) is 0 Å². The molecule has 3 fully saturated rings. The van der Waals surface area contributed by atoms with E-state index in [-0.39, 0.29) is 41.0 Å². The number of rotatable bonds is 5. The highest BCUT2D eigenvalue weighted by molar-refractivity contribution is 6.35. The number of ether oxygens (including phenoxy) is 2. The Morgan fingerprint density at radius 3 is 2.29 bits per heavy atom. The van der Waals surface area contributed by atoms with Crippen molar-refractivity contribution in [1.29, 1.82) is 0 Å². The smallest absolute Gasteiger partial charge is 0.406 e. The molecule has 2 aromatic rings. The van der Waals surface area contributed by atoms with Crippen LogP contribution in [0, 0.1) is 5.92 Å². The Morgan fingerprint density at radius 2 is 1.68 bits per heavy atom. The van der Waals surface area contributed by atoms with E-state index in [2.05, 4.69) is 4.74 Å². The summed E-state index contributed by atoms with van der Waals surface area (Å²) in [5.74, 6) is -1.77. The summed E-state index contributed by atoms with van der Waals surface area (Å²) in [5, 5.41) is 0.463. The maximum atomic E-state index is 14.0. The number of hydrogen-bond acceptors (Lipinski definition) is 5. The monoisotopic (exact) mass is 571 g/mol. The standard InChI is InChI=1S/C25H22Cl2F3N3O5/c26-17-9-18(27)11-19(10-17)33-22(35)24(12-15-1-3-20(4-2-15)38-25(28,29)30)13-16(14-32(24)23(33)36)21(34)31-5-7-37-8-6-31/h1-4,9-11,16H,5-8,12-14H2/t16-,24+/m1/s1. The van der Waals surface area contributed by atoms with Gasteiger partial charge in [0.2, 0.25) is 5.91 Å². The van der Waals surface area contributed by atoms with Crippen LogP contribution in [-0.2, 0) is 20.7 Å². The van der Waals surface area contributed by atoms with Crippen LogP contribution in [0.1, 0.15) is 12.0 Å². The van der Waals surface area contributed by atoms with Crippen LogP contribution >= 0.6 is 23.2 Å². The number of benzene rings is 2. The second-order valence-electron chi connectivity index (χ2n) is 9.40. The summed E-state index contributed by atoms with van der Waals surface area (Å²) in [6.45, 7) is 1.65. The lowest BCUT2D eigenvalue weighted by Crippen LogP contribution is -2.47. The number of urea groups is 1. The molecular weight excluding hydrogens is 550 g/mol. The van der Waals surface area contributed by atoms with E-state index in [0.29, 0.717) is 31.9 Å². The molecular formula is C25H22Cl2F3N3O5. The predicted molar refractivity (Wildman–Crippen MR) is 131 cm³/mol. The summed E-state index contributed by atoms with van der Waals surface area (Å²) >= 11 is 12.2. The quantitative estimate of drug-likeness (QED) is 0.493. The molecule has 2 atom stereocenters. The van der Waals surface area contributed by atoms with Crippen LogP contribution in [-0.4, -0.2) is 72.4 Å². The number of imide groups is 1. The van der Waals surface area contributed by atoms with E-state index >= 15 is 0 Å². The van der Waals surface area contributed by atoms with Gasteiger partial charge in [-0.05, 0) is 42.3 Å². The first kappa shape index (κ1) is 26.6. The number of morpholine rings is 1. The van der Waals surface area contributed by atoms with Gasteiger partial charge in [0.05, 0.1) is 24.8 Å². The number of fused-ring (bicyclic) bond motifs is 1. The first-order valence-electron chi connectivity index (χ1n) is 11.8. The van der Waals surface area contributed by atoms with Gasteiger partial charge in [-0.15, -0.1) is 13.2 Å². The average Bonchev–Trinajstić information content (AvgIpc) is 3.32. The summed E-state index contributed by atoms with van der Waals surface area (Å²) in [6.07, 6.45) is -4.80. The number of nitrogens with zero attached hydrogens (tertiary/aromatic N) is 3. The van der Waals surface area contributed by atoms with Crippen LogP contribution in [0.25, 0.3) is 0 Å². The molecule has 3 heterocycles. The molecule has 2 aromatic carbocycles. The fourth-order valence-electron chi connectivity index (χ4n) is 5.35. The molecule has 0 unspecified atom stereocenters. The summed E-state index contributed by atoms with van der Waals surface area (Å²) in [7, 11) is 0. The fraction of sp³-hybridized carbons (Fsp3) is 0.400. The van der Waals surface area contributed by atoms with Gasteiger partial charge in [0.1, 0.15) is 11.3 Å². The number of anilines is 1. The van der Waals surface area contributed by atoms with Crippen molar-refractivity contribution in [3.63, 3.8) is 0 Å². The van der Waals surface area contributed by atoms with Gasteiger partial charge < -0.3 is 19.3 Å². The van der Waals surface area contributed by atoms with Crippen molar-refractivity contribution in [2.75, 3.05) is 37.7 Å². The van der Waals surface area contributed by atoms with Crippen molar-refractivity contribution in [2.24, 2.45) is 5.92 Å².